The number of hydrogen-bond acceptors (Lipinski definition) is 2. The molecule has 2 amide bonds. The minimum Gasteiger partial charge on any atom is -0.481 e. The maximum Gasteiger partial charge on any atom is 0.317 e. The Hall–Kier alpha value is -1.26. The van der Waals surface area contributed by atoms with Crippen molar-refractivity contribution in [2.75, 3.05) is 6.54 Å². The molecule has 1 rings (SSSR count). The monoisotopic (exact) mass is 256 g/mol. The van der Waals surface area contributed by atoms with E-state index in [1.165, 1.54) is 0 Å². The zero-order valence-electron chi connectivity index (χ0n) is 11.5. The molecule has 1 heterocycles. The maximum atomic E-state index is 12.0. The zero-order chi connectivity index (χ0) is 13.7. The van der Waals surface area contributed by atoms with E-state index in [0.717, 1.165) is 19.4 Å². The van der Waals surface area contributed by atoms with Gasteiger partial charge < -0.3 is 15.3 Å². The van der Waals surface area contributed by atoms with Crippen LogP contribution in [0.1, 0.15) is 46.5 Å². The van der Waals surface area contributed by atoms with Gasteiger partial charge in [-0.3, -0.25) is 4.79 Å². The minimum absolute atomic E-state index is 0.0627. The molecule has 5 heteroatoms. The maximum absolute atomic E-state index is 12.0. The molecule has 0 aromatic carbocycles. The van der Waals surface area contributed by atoms with Gasteiger partial charge in [-0.15, -0.1) is 0 Å². The Labute approximate surface area is 109 Å². The van der Waals surface area contributed by atoms with Gasteiger partial charge in [0.2, 0.25) is 0 Å². The fourth-order valence-electron chi connectivity index (χ4n) is 2.41. The second-order valence-electron chi connectivity index (χ2n) is 5.45. The van der Waals surface area contributed by atoms with Crippen LogP contribution in [0.15, 0.2) is 0 Å². The van der Waals surface area contributed by atoms with Crippen LogP contribution in [0.4, 0.5) is 4.79 Å². The molecule has 3 atom stereocenters. The lowest BCUT2D eigenvalue weighted by molar-refractivity contribution is -0.137. The summed E-state index contributed by atoms with van der Waals surface area (Å²) in [6, 6.07) is 0.105. The molecule has 0 radical (unpaired) electrons. The van der Waals surface area contributed by atoms with E-state index in [1.807, 2.05) is 11.8 Å². The smallest absolute Gasteiger partial charge is 0.317 e. The molecule has 0 saturated carbocycles. The van der Waals surface area contributed by atoms with Crippen LogP contribution in [-0.2, 0) is 4.79 Å². The van der Waals surface area contributed by atoms with E-state index in [9.17, 15) is 9.59 Å². The molecular weight excluding hydrogens is 232 g/mol. The van der Waals surface area contributed by atoms with Crippen LogP contribution in [0.25, 0.3) is 0 Å². The van der Waals surface area contributed by atoms with Crippen molar-refractivity contribution in [3.05, 3.63) is 0 Å². The summed E-state index contributed by atoms with van der Waals surface area (Å²) in [5, 5.41) is 11.5. The Morgan fingerprint density at radius 1 is 1.44 bits per heavy atom. The van der Waals surface area contributed by atoms with Gasteiger partial charge in [0, 0.05) is 25.0 Å². The van der Waals surface area contributed by atoms with Crippen molar-refractivity contribution in [2.24, 2.45) is 5.92 Å². The Balaban J connectivity index is 2.37. The quantitative estimate of drug-likeness (QED) is 0.809. The molecule has 1 aliphatic rings. The number of hydrogen-bond donors (Lipinski definition) is 2. The number of nitrogens with zero attached hydrogens (tertiary/aromatic N) is 1. The summed E-state index contributed by atoms with van der Waals surface area (Å²) in [5.74, 6) is -0.148. The van der Waals surface area contributed by atoms with Gasteiger partial charge in [-0.05, 0) is 39.0 Å². The molecule has 5 nitrogen and oxygen atoms in total. The summed E-state index contributed by atoms with van der Waals surface area (Å²) >= 11 is 0. The third-order valence-corrected chi connectivity index (χ3v) is 3.56. The highest BCUT2D eigenvalue weighted by atomic mass is 16.4. The van der Waals surface area contributed by atoms with Crippen LogP contribution in [0.2, 0.25) is 0 Å². The molecule has 0 bridgehead atoms. The molecular formula is C13H24N2O3. The fraction of sp³-hybridized carbons (Fsp3) is 0.846. The van der Waals surface area contributed by atoms with Crippen LogP contribution in [0, 0.1) is 5.92 Å². The summed E-state index contributed by atoms with van der Waals surface area (Å²) in [5.41, 5.74) is 0. The lowest BCUT2D eigenvalue weighted by atomic mass is 9.94. The van der Waals surface area contributed by atoms with E-state index in [2.05, 4.69) is 19.2 Å². The van der Waals surface area contributed by atoms with Crippen molar-refractivity contribution in [3.63, 3.8) is 0 Å². The SMILES string of the molecule is CC1CCN(C(=O)NC(C)CCC(=O)O)C(C)C1. The lowest BCUT2D eigenvalue weighted by Crippen LogP contribution is -2.50. The molecule has 104 valence electrons. The molecule has 1 aliphatic heterocycles. The molecule has 2 N–H and O–H groups in total. The number of urea groups is 1. The van der Waals surface area contributed by atoms with Crippen molar-refractivity contribution in [1.29, 1.82) is 0 Å². The fourth-order valence-corrected chi connectivity index (χ4v) is 2.41. The highest BCUT2D eigenvalue weighted by Crippen LogP contribution is 2.22. The first-order valence-corrected chi connectivity index (χ1v) is 6.69. The summed E-state index contributed by atoms with van der Waals surface area (Å²) in [7, 11) is 0. The number of likely N-dealkylation sites (tertiary alicyclic amines) is 1. The van der Waals surface area contributed by atoms with Crippen LogP contribution in [0.5, 0.6) is 0 Å². The number of carbonyl (C=O) groups is 2. The van der Waals surface area contributed by atoms with Gasteiger partial charge in [0.1, 0.15) is 0 Å². The van der Waals surface area contributed by atoms with Crippen molar-refractivity contribution >= 4 is 12.0 Å². The van der Waals surface area contributed by atoms with Gasteiger partial charge >= 0.3 is 12.0 Å². The van der Waals surface area contributed by atoms with Crippen molar-refractivity contribution in [3.8, 4) is 0 Å². The van der Waals surface area contributed by atoms with E-state index in [1.54, 1.807) is 0 Å². The van der Waals surface area contributed by atoms with Gasteiger partial charge in [0.05, 0.1) is 0 Å². The van der Waals surface area contributed by atoms with Crippen LogP contribution < -0.4 is 5.32 Å². The molecule has 0 aliphatic carbocycles. The number of aliphatic carboxylic acids is 1. The normalized spacial score (nSPS) is 25.6. The highest BCUT2D eigenvalue weighted by Gasteiger charge is 2.27. The van der Waals surface area contributed by atoms with Crippen LogP contribution in [-0.4, -0.2) is 40.6 Å². The van der Waals surface area contributed by atoms with E-state index >= 15 is 0 Å². The van der Waals surface area contributed by atoms with Crippen molar-refractivity contribution in [2.45, 2.75) is 58.5 Å². The third-order valence-electron chi connectivity index (χ3n) is 3.56. The molecule has 0 spiro atoms. The van der Waals surface area contributed by atoms with Gasteiger partial charge in [-0.1, -0.05) is 6.92 Å². The number of amides is 2. The molecule has 1 saturated heterocycles. The van der Waals surface area contributed by atoms with Crippen LogP contribution in [0.3, 0.4) is 0 Å². The average molecular weight is 256 g/mol. The first kappa shape index (κ1) is 14.8. The molecule has 18 heavy (non-hydrogen) atoms. The predicted octanol–water partition coefficient (Wildman–Crippen LogP) is 2.07. The first-order chi connectivity index (χ1) is 8.40. The zero-order valence-corrected chi connectivity index (χ0v) is 11.5. The lowest BCUT2D eigenvalue weighted by Gasteiger charge is -2.37. The Kier molecular flexibility index (Phi) is 5.44. The topological polar surface area (TPSA) is 69.6 Å². The largest absolute Gasteiger partial charge is 0.481 e. The Morgan fingerprint density at radius 3 is 2.67 bits per heavy atom. The molecule has 0 aromatic heterocycles. The highest BCUT2D eigenvalue weighted by molar-refractivity contribution is 5.75. The minimum atomic E-state index is -0.823. The van der Waals surface area contributed by atoms with E-state index < -0.39 is 5.97 Å². The van der Waals surface area contributed by atoms with Gasteiger partial charge in [-0.25, -0.2) is 4.79 Å². The summed E-state index contributed by atoms with van der Waals surface area (Å²) in [4.78, 5) is 24.4. The Bertz CT molecular complexity index is 307. The molecule has 3 unspecified atom stereocenters. The van der Waals surface area contributed by atoms with E-state index in [-0.39, 0.29) is 24.5 Å². The molecule has 0 aromatic rings. The summed E-state index contributed by atoms with van der Waals surface area (Å²) in [6.45, 7) is 6.91. The number of piperidine rings is 1. The molecule has 1 fully saturated rings. The summed E-state index contributed by atoms with van der Waals surface area (Å²) < 4.78 is 0. The second-order valence-corrected chi connectivity index (χ2v) is 5.45. The standard InChI is InChI=1S/C13H24N2O3/c1-9-6-7-15(11(3)8-9)13(18)14-10(2)4-5-12(16)17/h9-11H,4-8H2,1-3H3,(H,14,18)(H,16,17). The number of rotatable bonds is 4. The predicted molar refractivity (Wildman–Crippen MR) is 69.4 cm³/mol. The van der Waals surface area contributed by atoms with Gasteiger partial charge in [0.25, 0.3) is 0 Å². The third kappa shape index (κ3) is 4.55. The van der Waals surface area contributed by atoms with Gasteiger partial charge in [-0.2, -0.15) is 0 Å². The second kappa shape index (κ2) is 6.61. The van der Waals surface area contributed by atoms with E-state index in [4.69, 9.17) is 5.11 Å². The number of nitrogens with one attached hydrogen (secondary N) is 1. The van der Waals surface area contributed by atoms with Crippen LogP contribution >= 0.6 is 0 Å². The first-order valence-electron chi connectivity index (χ1n) is 6.69. The number of carbonyl (C=O) groups excluding carboxylic acids is 1. The van der Waals surface area contributed by atoms with E-state index in [0.29, 0.717) is 12.3 Å². The number of carboxylic acids is 1. The number of carboxylic acid groups (broad SMARTS) is 1. The summed E-state index contributed by atoms with van der Waals surface area (Å²) in [6.07, 6.45) is 2.64. The van der Waals surface area contributed by atoms with Gasteiger partial charge in [0.15, 0.2) is 0 Å². The average Bonchev–Trinajstić information content (AvgIpc) is 2.26. The van der Waals surface area contributed by atoms with Crippen molar-refractivity contribution < 1.29 is 14.7 Å². The van der Waals surface area contributed by atoms with Crippen molar-refractivity contribution in [1.82, 2.24) is 10.2 Å². The Morgan fingerprint density at radius 2 is 2.11 bits per heavy atom.